The fourth-order valence-corrected chi connectivity index (χ4v) is 3.11. The third kappa shape index (κ3) is 6.91. The molecule has 0 bridgehead atoms. The Balaban J connectivity index is 2.55. The third-order valence-electron chi connectivity index (χ3n) is 3.13. The van der Waals surface area contributed by atoms with Gasteiger partial charge in [-0.05, 0) is 43.5 Å². The van der Waals surface area contributed by atoms with Gasteiger partial charge in [0.05, 0.1) is 12.9 Å². The summed E-state index contributed by atoms with van der Waals surface area (Å²) < 4.78 is 28.0. The average molecular weight is 299 g/mol. The van der Waals surface area contributed by atoms with Crippen molar-refractivity contribution in [1.29, 1.82) is 0 Å². The van der Waals surface area contributed by atoms with Crippen LogP contribution in [0.5, 0.6) is 5.75 Å². The summed E-state index contributed by atoms with van der Waals surface area (Å²) in [6.07, 6.45) is 3.98. The van der Waals surface area contributed by atoms with Crippen LogP contribution in [0.3, 0.4) is 0 Å². The van der Waals surface area contributed by atoms with E-state index < -0.39 is 9.84 Å². The molecular weight excluding hydrogens is 274 g/mol. The van der Waals surface area contributed by atoms with Crippen molar-refractivity contribution in [2.24, 2.45) is 0 Å². The molecule has 1 unspecified atom stereocenters. The summed E-state index contributed by atoms with van der Waals surface area (Å²) in [4.78, 5) is 0. The Morgan fingerprint density at radius 3 is 2.40 bits per heavy atom. The van der Waals surface area contributed by atoms with Crippen molar-refractivity contribution in [2.75, 3.05) is 25.7 Å². The van der Waals surface area contributed by atoms with Crippen molar-refractivity contribution >= 4 is 9.84 Å². The van der Waals surface area contributed by atoms with Crippen molar-refractivity contribution in [3.8, 4) is 5.75 Å². The number of hydrogen-bond donors (Lipinski definition) is 1. The lowest BCUT2D eigenvalue weighted by Gasteiger charge is -2.17. The van der Waals surface area contributed by atoms with Crippen molar-refractivity contribution in [2.45, 2.75) is 32.2 Å². The van der Waals surface area contributed by atoms with E-state index in [0.717, 1.165) is 31.6 Å². The zero-order valence-corrected chi connectivity index (χ0v) is 13.4. The summed E-state index contributed by atoms with van der Waals surface area (Å²) in [6, 6.07) is 7.93. The summed E-state index contributed by atoms with van der Waals surface area (Å²) in [5, 5.41) is 3.31. The first-order valence-electron chi connectivity index (χ1n) is 6.98. The quantitative estimate of drug-likeness (QED) is 0.758. The molecule has 0 radical (unpaired) electrons. The standard InChI is InChI=1S/C15H25NO3S/c1-4-11-16-14(12-20(3,17)18)8-5-13-6-9-15(19-2)10-7-13/h6-7,9-10,14,16H,4-5,8,11-12H2,1-3H3. The molecule has 0 spiro atoms. The fourth-order valence-electron chi connectivity index (χ4n) is 2.09. The van der Waals surface area contributed by atoms with E-state index in [0.29, 0.717) is 0 Å². The number of hydrogen-bond acceptors (Lipinski definition) is 4. The molecular formula is C15H25NO3S. The first-order valence-corrected chi connectivity index (χ1v) is 9.04. The lowest BCUT2D eigenvalue weighted by Crippen LogP contribution is -2.36. The van der Waals surface area contributed by atoms with Crippen LogP contribution in [0.15, 0.2) is 24.3 Å². The number of aryl methyl sites for hydroxylation is 1. The van der Waals surface area contributed by atoms with Crippen LogP contribution in [0.1, 0.15) is 25.3 Å². The van der Waals surface area contributed by atoms with Gasteiger partial charge < -0.3 is 10.1 Å². The van der Waals surface area contributed by atoms with Gasteiger partial charge in [-0.15, -0.1) is 0 Å². The van der Waals surface area contributed by atoms with Gasteiger partial charge in [-0.1, -0.05) is 19.1 Å². The lowest BCUT2D eigenvalue weighted by atomic mass is 10.1. The minimum Gasteiger partial charge on any atom is -0.497 e. The summed E-state index contributed by atoms with van der Waals surface area (Å²) in [5.41, 5.74) is 1.20. The van der Waals surface area contributed by atoms with Crippen LogP contribution in [0.4, 0.5) is 0 Å². The zero-order valence-electron chi connectivity index (χ0n) is 12.6. The predicted octanol–water partition coefficient (Wildman–Crippen LogP) is 2.04. The van der Waals surface area contributed by atoms with E-state index >= 15 is 0 Å². The molecule has 0 heterocycles. The molecule has 0 saturated carbocycles. The highest BCUT2D eigenvalue weighted by Crippen LogP contribution is 2.13. The van der Waals surface area contributed by atoms with Crippen LogP contribution in [0, 0.1) is 0 Å². The van der Waals surface area contributed by atoms with E-state index in [1.165, 1.54) is 11.8 Å². The number of nitrogens with one attached hydrogen (secondary N) is 1. The van der Waals surface area contributed by atoms with Crippen molar-refractivity contribution in [3.05, 3.63) is 29.8 Å². The third-order valence-corrected chi connectivity index (χ3v) is 4.14. The summed E-state index contributed by atoms with van der Waals surface area (Å²) in [6.45, 7) is 2.93. The van der Waals surface area contributed by atoms with E-state index in [4.69, 9.17) is 4.74 Å². The maximum Gasteiger partial charge on any atom is 0.148 e. The van der Waals surface area contributed by atoms with Gasteiger partial charge >= 0.3 is 0 Å². The lowest BCUT2D eigenvalue weighted by molar-refractivity contribution is 0.414. The maximum atomic E-state index is 11.4. The van der Waals surface area contributed by atoms with Gasteiger partial charge in [0.2, 0.25) is 0 Å². The fraction of sp³-hybridized carbons (Fsp3) is 0.600. The Morgan fingerprint density at radius 2 is 1.90 bits per heavy atom. The summed E-state index contributed by atoms with van der Waals surface area (Å²) in [5.74, 6) is 1.04. The molecule has 0 aromatic heterocycles. The highest BCUT2D eigenvalue weighted by molar-refractivity contribution is 7.90. The minimum absolute atomic E-state index is 0.0204. The van der Waals surface area contributed by atoms with Crippen LogP contribution < -0.4 is 10.1 Å². The average Bonchev–Trinajstić information content (AvgIpc) is 2.41. The topological polar surface area (TPSA) is 55.4 Å². The van der Waals surface area contributed by atoms with E-state index in [-0.39, 0.29) is 11.8 Å². The molecule has 0 aliphatic rings. The van der Waals surface area contributed by atoms with Gasteiger partial charge in [-0.3, -0.25) is 0 Å². The van der Waals surface area contributed by atoms with E-state index in [1.807, 2.05) is 24.3 Å². The molecule has 5 heteroatoms. The molecule has 114 valence electrons. The summed E-state index contributed by atoms with van der Waals surface area (Å²) in [7, 11) is -1.31. The van der Waals surface area contributed by atoms with Crippen molar-refractivity contribution in [1.82, 2.24) is 5.32 Å². The van der Waals surface area contributed by atoms with Crippen molar-refractivity contribution < 1.29 is 13.2 Å². The smallest absolute Gasteiger partial charge is 0.148 e. The van der Waals surface area contributed by atoms with Gasteiger partial charge in [0.15, 0.2) is 0 Å². The molecule has 1 aromatic rings. The normalized spacial score (nSPS) is 13.2. The van der Waals surface area contributed by atoms with Crippen LogP contribution in [-0.2, 0) is 16.3 Å². The van der Waals surface area contributed by atoms with Gasteiger partial charge in [0, 0.05) is 12.3 Å². The number of sulfone groups is 1. The Morgan fingerprint density at radius 1 is 1.25 bits per heavy atom. The molecule has 1 atom stereocenters. The second-order valence-corrected chi connectivity index (χ2v) is 7.32. The largest absolute Gasteiger partial charge is 0.497 e. The van der Waals surface area contributed by atoms with Crippen LogP contribution in [0.25, 0.3) is 0 Å². The number of ether oxygens (including phenoxy) is 1. The summed E-state index contributed by atoms with van der Waals surface area (Å²) >= 11 is 0. The van der Waals surface area contributed by atoms with E-state index in [9.17, 15) is 8.42 Å². The van der Waals surface area contributed by atoms with E-state index in [2.05, 4.69) is 12.2 Å². The van der Waals surface area contributed by atoms with Gasteiger partial charge in [-0.25, -0.2) is 8.42 Å². The Labute approximate surface area is 122 Å². The Kier molecular flexibility index (Phi) is 7.02. The number of benzene rings is 1. The van der Waals surface area contributed by atoms with Crippen LogP contribution >= 0.6 is 0 Å². The molecule has 1 N–H and O–H groups in total. The zero-order chi connectivity index (χ0) is 15.0. The molecule has 0 amide bonds. The molecule has 20 heavy (non-hydrogen) atoms. The Hall–Kier alpha value is -1.07. The Bertz CT molecular complexity index is 482. The second kappa shape index (κ2) is 8.27. The number of rotatable bonds is 9. The van der Waals surface area contributed by atoms with Gasteiger partial charge in [0.1, 0.15) is 15.6 Å². The van der Waals surface area contributed by atoms with Crippen LogP contribution in [0.2, 0.25) is 0 Å². The SMILES string of the molecule is CCCNC(CCc1ccc(OC)cc1)CS(C)(=O)=O. The highest BCUT2D eigenvalue weighted by Gasteiger charge is 2.14. The van der Waals surface area contributed by atoms with Crippen LogP contribution in [-0.4, -0.2) is 40.1 Å². The predicted molar refractivity (Wildman–Crippen MR) is 83.1 cm³/mol. The first kappa shape index (κ1) is 17.0. The molecule has 0 fully saturated rings. The van der Waals surface area contributed by atoms with E-state index in [1.54, 1.807) is 7.11 Å². The molecule has 0 aliphatic heterocycles. The van der Waals surface area contributed by atoms with Crippen molar-refractivity contribution in [3.63, 3.8) is 0 Å². The molecule has 0 aliphatic carbocycles. The first-order chi connectivity index (χ1) is 9.44. The molecule has 0 saturated heterocycles. The molecule has 4 nitrogen and oxygen atoms in total. The number of methoxy groups -OCH3 is 1. The second-order valence-electron chi connectivity index (χ2n) is 5.13. The van der Waals surface area contributed by atoms with Gasteiger partial charge in [-0.2, -0.15) is 0 Å². The van der Waals surface area contributed by atoms with Gasteiger partial charge in [0.25, 0.3) is 0 Å². The highest BCUT2D eigenvalue weighted by atomic mass is 32.2. The molecule has 1 aromatic carbocycles. The maximum absolute atomic E-state index is 11.4. The molecule has 1 rings (SSSR count). The minimum atomic E-state index is -2.95. The monoisotopic (exact) mass is 299 g/mol.